The highest BCUT2D eigenvalue weighted by Crippen LogP contribution is 2.26. The molecule has 2 nitrogen and oxygen atoms in total. The molecule has 0 radical (unpaired) electrons. The Morgan fingerprint density at radius 3 is 2.63 bits per heavy atom. The molecule has 2 aromatic rings. The number of carbonyl (C=O) groups is 1. The van der Waals surface area contributed by atoms with Crippen molar-refractivity contribution in [2.24, 2.45) is 0 Å². The fourth-order valence-corrected chi connectivity index (χ4v) is 2.29. The normalized spacial score (nSPS) is 10.3. The maximum atomic E-state index is 12.3. The van der Waals surface area contributed by atoms with Gasteiger partial charge in [0.05, 0.1) is 10.7 Å². The second-order valence-corrected chi connectivity index (χ2v) is 5.72. The summed E-state index contributed by atoms with van der Waals surface area (Å²) in [4.78, 5) is 12.3. The molecule has 0 unspecified atom stereocenters. The van der Waals surface area contributed by atoms with E-state index in [1.165, 1.54) is 0 Å². The van der Waals surface area contributed by atoms with Crippen LogP contribution in [0.2, 0.25) is 5.02 Å². The molecule has 98 valence electrons. The van der Waals surface area contributed by atoms with Crippen LogP contribution in [0.1, 0.15) is 21.5 Å². The van der Waals surface area contributed by atoms with E-state index in [1.807, 2.05) is 38.1 Å². The Kier molecular flexibility index (Phi) is 4.27. The monoisotopic (exact) mass is 337 g/mol. The first-order chi connectivity index (χ1) is 8.97. The minimum Gasteiger partial charge on any atom is -0.321 e. The van der Waals surface area contributed by atoms with Gasteiger partial charge < -0.3 is 5.32 Å². The Morgan fingerprint density at radius 1 is 1.16 bits per heavy atom. The van der Waals surface area contributed by atoms with Crippen LogP contribution in [0, 0.1) is 13.8 Å². The summed E-state index contributed by atoms with van der Waals surface area (Å²) in [6.45, 7) is 3.87. The number of hydrogen-bond donors (Lipinski definition) is 1. The lowest BCUT2D eigenvalue weighted by atomic mass is 10.1. The van der Waals surface area contributed by atoms with E-state index in [1.54, 1.807) is 12.1 Å². The van der Waals surface area contributed by atoms with Crippen LogP contribution >= 0.6 is 27.5 Å². The lowest BCUT2D eigenvalue weighted by molar-refractivity contribution is 0.102. The number of benzene rings is 2. The van der Waals surface area contributed by atoms with E-state index in [2.05, 4.69) is 21.2 Å². The van der Waals surface area contributed by atoms with Crippen LogP contribution in [0.3, 0.4) is 0 Å². The third-order valence-electron chi connectivity index (χ3n) is 2.81. The fourth-order valence-electron chi connectivity index (χ4n) is 1.76. The van der Waals surface area contributed by atoms with E-state index in [9.17, 15) is 4.79 Å². The molecule has 4 heteroatoms. The number of rotatable bonds is 2. The quantitative estimate of drug-likeness (QED) is 0.823. The molecule has 0 aliphatic rings. The molecule has 0 atom stereocenters. The zero-order valence-corrected chi connectivity index (χ0v) is 13.0. The average Bonchev–Trinajstić information content (AvgIpc) is 2.36. The summed E-state index contributed by atoms with van der Waals surface area (Å²) in [6.07, 6.45) is 0. The molecule has 0 aliphatic carbocycles. The van der Waals surface area contributed by atoms with Crippen molar-refractivity contribution < 1.29 is 4.79 Å². The van der Waals surface area contributed by atoms with Gasteiger partial charge in [0.1, 0.15) is 0 Å². The number of halogens is 2. The van der Waals surface area contributed by atoms with E-state index in [0.717, 1.165) is 15.6 Å². The first kappa shape index (κ1) is 14.1. The lowest BCUT2D eigenvalue weighted by Crippen LogP contribution is -2.13. The third-order valence-corrected chi connectivity index (χ3v) is 3.64. The number of nitrogens with one attached hydrogen (secondary N) is 1. The summed E-state index contributed by atoms with van der Waals surface area (Å²) in [5.41, 5.74) is 3.25. The predicted octanol–water partition coefficient (Wildman–Crippen LogP) is 4.97. The highest BCUT2D eigenvalue weighted by atomic mass is 79.9. The molecule has 0 saturated heterocycles. The third kappa shape index (κ3) is 3.37. The van der Waals surface area contributed by atoms with Gasteiger partial charge in [-0.1, -0.05) is 45.2 Å². The molecule has 2 rings (SSSR count). The van der Waals surface area contributed by atoms with Gasteiger partial charge in [-0.25, -0.2) is 0 Å². The van der Waals surface area contributed by atoms with Gasteiger partial charge >= 0.3 is 0 Å². The standard InChI is InChI=1S/C15H13BrClNO/c1-9-3-4-10(2)12(7-9)15(19)18-14-8-11(16)5-6-13(14)17/h3-8H,1-2H3,(H,18,19). The molecule has 0 aromatic heterocycles. The molecule has 0 aliphatic heterocycles. The summed E-state index contributed by atoms with van der Waals surface area (Å²) >= 11 is 9.42. The molecule has 0 fully saturated rings. The number of amides is 1. The van der Waals surface area contributed by atoms with Crippen LogP contribution in [0.4, 0.5) is 5.69 Å². The first-order valence-electron chi connectivity index (χ1n) is 5.81. The summed E-state index contributed by atoms with van der Waals surface area (Å²) in [6, 6.07) is 11.1. The van der Waals surface area contributed by atoms with Gasteiger partial charge in [-0.2, -0.15) is 0 Å². The van der Waals surface area contributed by atoms with Crippen molar-refractivity contribution in [3.63, 3.8) is 0 Å². The van der Waals surface area contributed by atoms with Gasteiger partial charge in [-0.3, -0.25) is 4.79 Å². The molecule has 0 spiro atoms. The largest absolute Gasteiger partial charge is 0.321 e. The predicted molar refractivity (Wildman–Crippen MR) is 83.0 cm³/mol. The van der Waals surface area contributed by atoms with Crippen molar-refractivity contribution in [1.29, 1.82) is 0 Å². The summed E-state index contributed by atoms with van der Waals surface area (Å²) in [5.74, 6) is -0.152. The molecular weight excluding hydrogens is 326 g/mol. The topological polar surface area (TPSA) is 29.1 Å². The van der Waals surface area contributed by atoms with Crippen molar-refractivity contribution in [3.05, 3.63) is 62.6 Å². The number of anilines is 1. The molecule has 2 aromatic carbocycles. The number of carbonyl (C=O) groups excluding carboxylic acids is 1. The maximum Gasteiger partial charge on any atom is 0.255 e. The Balaban J connectivity index is 2.30. The molecule has 1 amide bonds. The molecular formula is C15H13BrClNO. The number of hydrogen-bond acceptors (Lipinski definition) is 1. The van der Waals surface area contributed by atoms with Crippen molar-refractivity contribution in [3.8, 4) is 0 Å². The van der Waals surface area contributed by atoms with Gasteiger partial charge in [-0.15, -0.1) is 0 Å². The van der Waals surface area contributed by atoms with E-state index in [-0.39, 0.29) is 5.91 Å². The van der Waals surface area contributed by atoms with Gasteiger partial charge in [0.15, 0.2) is 0 Å². The lowest BCUT2D eigenvalue weighted by Gasteiger charge is -2.10. The number of aryl methyl sites for hydroxylation is 2. The van der Waals surface area contributed by atoms with Crippen LogP contribution in [-0.2, 0) is 0 Å². The highest BCUT2D eigenvalue weighted by molar-refractivity contribution is 9.10. The van der Waals surface area contributed by atoms with Crippen LogP contribution in [0.25, 0.3) is 0 Å². The Hall–Kier alpha value is -1.32. The summed E-state index contributed by atoms with van der Waals surface area (Å²) in [5, 5.41) is 3.35. The van der Waals surface area contributed by atoms with Crippen molar-refractivity contribution in [1.82, 2.24) is 0 Å². The van der Waals surface area contributed by atoms with Crippen molar-refractivity contribution in [2.75, 3.05) is 5.32 Å². The average molecular weight is 339 g/mol. The smallest absolute Gasteiger partial charge is 0.255 e. The molecule has 0 heterocycles. The van der Waals surface area contributed by atoms with Crippen molar-refractivity contribution >= 4 is 39.1 Å². The highest BCUT2D eigenvalue weighted by Gasteiger charge is 2.11. The van der Waals surface area contributed by atoms with E-state index in [4.69, 9.17) is 11.6 Å². The first-order valence-corrected chi connectivity index (χ1v) is 6.98. The molecule has 0 bridgehead atoms. The zero-order chi connectivity index (χ0) is 14.0. The Bertz CT molecular complexity index is 640. The molecule has 0 saturated carbocycles. The minimum atomic E-state index is -0.152. The Morgan fingerprint density at radius 2 is 1.89 bits per heavy atom. The SMILES string of the molecule is Cc1ccc(C)c(C(=O)Nc2cc(Br)ccc2Cl)c1. The van der Waals surface area contributed by atoms with Crippen LogP contribution in [0.5, 0.6) is 0 Å². The fraction of sp³-hybridized carbons (Fsp3) is 0.133. The second-order valence-electron chi connectivity index (χ2n) is 4.40. The van der Waals surface area contributed by atoms with Crippen LogP contribution in [-0.4, -0.2) is 5.91 Å². The van der Waals surface area contributed by atoms with E-state index in [0.29, 0.717) is 16.3 Å². The van der Waals surface area contributed by atoms with E-state index < -0.39 is 0 Å². The van der Waals surface area contributed by atoms with Crippen LogP contribution < -0.4 is 5.32 Å². The zero-order valence-electron chi connectivity index (χ0n) is 10.6. The van der Waals surface area contributed by atoms with Crippen molar-refractivity contribution in [2.45, 2.75) is 13.8 Å². The Labute approximate surface area is 125 Å². The minimum absolute atomic E-state index is 0.152. The second kappa shape index (κ2) is 5.76. The summed E-state index contributed by atoms with van der Waals surface area (Å²) < 4.78 is 0.869. The molecule has 19 heavy (non-hydrogen) atoms. The van der Waals surface area contributed by atoms with Gasteiger partial charge in [-0.05, 0) is 43.7 Å². The van der Waals surface area contributed by atoms with Gasteiger partial charge in [0, 0.05) is 10.0 Å². The van der Waals surface area contributed by atoms with E-state index >= 15 is 0 Å². The van der Waals surface area contributed by atoms with Crippen LogP contribution in [0.15, 0.2) is 40.9 Å². The molecule has 1 N–H and O–H groups in total. The van der Waals surface area contributed by atoms with Gasteiger partial charge in [0.2, 0.25) is 0 Å². The maximum absolute atomic E-state index is 12.3. The van der Waals surface area contributed by atoms with Gasteiger partial charge in [0.25, 0.3) is 5.91 Å². The summed E-state index contributed by atoms with van der Waals surface area (Å²) in [7, 11) is 0.